The lowest BCUT2D eigenvalue weighted by Gasteiger charge is -2.22. The molecule has 2 nitrogen and oxygen atoms in total. The van der Waals surface area contributed by atoms with Crippen molar-refractivity contribution in [2.45, 2.75) is 26.8 Å². The van der Waals surface area contributed by atoms with Crippen LogP contribution in [0.1, 0.15) is 23.6 Å². The summed E-state index contributed by atoms with van der Waals surface area (Å²) >= 11 is 5.76. The first-order valence-corrected chi connectivity index (χ1v) is 7.68. The van der Waals surface area contributed by atoms with E-state index in [2.05, 4.69) is 25.1 Å². The second kappa shape index (κ2) is 7.28. The largest absolute Gasteiger partial charge is 0.307 e. The lowest BCUT2D eigenvalue weighted by molar-refractivity contribution is -0.116. The van der Waals surface area contributed by atoms with Gasteiger partial charge >= 0.3 is 0 Å². The number of aryl methyl sites for hydroxylation is 2. The van der Waals surface area contributed by atoms with Crippen molar-refractivity contribution in [2.24, 2.45) is 0 Å². The van der Waals surface area contributed by atoms with Crippen molar-refractivity contribution in [3.8, 4) is 0 Å². The second-order valence-electron chi connectivity index (χ2n) is 5.12. The van der Waals surface area contributed by atoms with Gasteiger partial charge in [0.15, 0.2) is 0 Å². The number of carbonyl (C=O) groups excluding carboxylic acids is 1. The maximum absolute atomic E-state index is 12.2. The summed E-state index contributed by atoms with van der Waals surface area (Å²) in [5.41, 5.74) is 4.44. The molecule has 0 saturated carbocycles. The molecule has 0 fully saturated rings. The van der Waals surface area contributed by atoms with Crippen molar-refractivity contribution in [3.05, 3.63) is 65.2 Å². The zero-order valence-electron chi connectivity index (χ0n) is 12.5. The standard InChI is InChI=1S/C18H20ClNO/c1-3-15-7-9-17(10-8-15)20(18(21)12-19)13-16-6-4-5-14(2)11-16/h4-11H,3,12-13H2,1-2H3. The van der Waals surface area contributed by atoms with Gasteiger partial charge in [0.05, 0.1) is 6.54 Å². The molecule has 3 heteroatoms. The number of carbonyl (C=O) groups is 1. The van der Waals surface area contributed by atoms with E-state index >= 15 is 0 Å². The Morgan fingerprint density at radius 1 is 1.10 bits per heavy atom. The molecular formula is C18H20ClNO. The van der Waals surface area contributed by atoms with Crippen LogP contribution in [-0.4, -0.2) is 11.8 Å². The van der Waals surface area contributed by atoms with Gasteiger partial charge in [0.2, 0.25) is 5.91 Å². The van der Waals surface area contributed by atoms with E-state index < -0.39 is 0 Å². The number of alkyl halides is 1. The molecule has 0 saturated heterocycles. The minimum atomic E-state index is -0.0811. The Hall–Kier alpha value is -1.80. The molecular weight excluding hydrogens is 282 g/mol. The number of hydrogen-bond acceptors (Lipinski definition) is 1. The summed E-state index contributed by atoms with van der Waals surface area (Å²) in [5, 5.41) is 0. The maximum atomic E-state index is 12.2. The van der Waals surface area contributed by atoms with E-state index in [1.54, 1.807) is 4.90 Å². The summed E-state index contributed by atoms with van der Waals surface area (Å²) in [4.78, 5) is 13.9. The fourth-order valence-electron chi connectivity index (χ4n) is 2.30. The topological polar surface area (TPSA) is 20.3 Å². The molecule has 0 radical (unpaired) electrons. The number of nitrogens with zero attached hydrogens (tertiary/aromatic N) is 1. The van der Waals surface area contributed by atoms with Gasteiger partial charge in [-0.05, 0) is 36.6 Å². The number of anilines is 1. The second-order valence-corrected chi connectivity index (χ2v) is 5.39. The van der Waals surface area contributed by atoms with Gasteiger partial charge in [-0.3, -0.25) is 4.79 Å². The van der Waals surface area contributed by atoms with Gasteiger partial charge < -0.3 is 4.90 Å². The summed E-state index contributed by atoms with van der Waals surface area (Å²) in [6.45, 7) is 4.70. The first-order valence-electron chi connectivity index (χ1n) is 7.15. The summed E-state index contributed by atoms with van der Waals surface area (Å²) in [6, 6.07) is 16.3. The molecule has 110 valence electrons. The highest BCUT2D eigenvalue weighted by atomic mass is 35.5. The predicted octanol–water partition coefficient (Wildman–Crippen LogP) is 4.33. The van der Waals surface area contributed by atoms with Crippen LogP contribution in [0.15, 0.2) is 48.5 Å². The molecule has 0 aromatic heterocycles. The van der Waals surface area contributed by atoms with Crippen LogP contribution in [0.5, 0.6) is 0 Å². The van der Waals surface area contributed by atoms with E-state index in [-0.39, 0.29) is 11.8 Å². The first kappa shape index (κ1) is 15.6. The molecule has 0 N–H and O–H groups in total. The SMILES string of the molecule is CCc1ccc(N(Cc2cccc(C)c2)C(=O)CCl)cc1. The van der Waals surface area contributed by atoms with Gasteiger partial charge in [-0.15, -0.1) is 11.6 Å². The van der Waals surface area contributed by atoms with Crippen LogP contribution in [0.25, 0.3) is 0 Å². The highest BCUT2D eigenvalue weighted by Crippen LogP contribution is 2.19. The van der Waals surface area contributed by atoms with Crippen LogP contribution in [0.4, 0.5) is 5.69 Å². The maximum Gasteiger partial charge on any atom is 0.242 e. The Morgan fingerprint density at radius 3 is 2.38 bits per heavy atom. The average molecular weight is 302 g/mol. The third-order valence-electron chi connectivity index (χ3n) is 3.49. The van der Waals surface area contributed by atoms with Gasteiger partial charge in [0, 0.05) is 5.69 Å². The minimum Gasteiger partial charge on any atom is -0.307 e. The van der Waals surface area contributed by atoms with Crippen LogP contribution in [-0.2, 0) is 17.8 Å². The number of halogens is 1. The Morgan fingerprint density at radius 2 is 1.81 bits per heavy atom. The number of hydrogen-bond donors (Lipinski definition) is 0. The normalized spacial score (nSPS) is 10.4. The molecule has 0 aliphatic rings. The van der Waals surface area contributed by atoms with E-state index in [0.29, 0.717) is 6.54 Å². The fourth-order valence-corrected chi connectivity index (χ4v) is 2.44. The number of benzene rings is 2. The van der Waals surface area contributed by atoms with Crippen molar-refractivity contribution in [1.29, 1.82) is 0 Å². The van der Waals surface area contributed by atoms with Crippen molar-refractivity contribution in [1.82, 2.24) is 0 Å². The predicted molar refractivity (Wildman–Crippen MR) is 88.9 cm³/mol. The average Bonchev–Trinajstić information content (AvgIpc) is 2.52. The summed E-state index contributed by atoms with van der Waals surface area (Å²) < 4.78 is 0. The van der Waals surface area contributed by atoms with E-state index in [1.165, 1.54) is 11.1 Å². The molecule has 0 atom stereocenters. The smallest absolute Gasteiger partial charge is 0.242 e. The molecule has 2 rings (SSSR count). The fraction of sp³-hybridized carbons (Fsp3) is 0.278. The van der Waals surface area contributed by atoms with Crippen LogP contribution in [0.3, 0.4) is 0 Å². The van der Waals surface area contributed by atoms with Crippen LogP contribution in [0, 0.1) is 6.92 Å². The Kier molecular flexibility index (Phi) is 5.40. The number of amides is 1. The Balaban J connectivity index is 2.27. The molecule has 1 amide bonds. The van der Waals surface area contributed by atoms with Crippen LogP contribution in [0.2, 0.25) is 0 Å². The lowest BCUT2D eigenvalue weighted by Crippen LogP contribution is -2.31. The van der Waals surface area contributed by atoms with Gasteiger partial charge in [-0.1, -0.05) is 48.9 Å². The Labute approximate surface area is 131 Å². The zero-order valence-corrected chi connectivity index (χ0v) is 13.2. The van der Waals surface area contributed by atoms with Gasteiger partial charge in [-0.25, -0.2) is 0 Å². The van der Waals surface area contributed by atoms with Gasteiger partial charge in [0.25, 0.3) is 0 Å². The molecule has 0 aliphatic heterocycles. The summed E-state index contributed by atoms with van der Waals surface area (Å²) in [6.07, 6.45) is 0.988. The van der Waals surface area contributed by atoms with E-state index in [9.17, 15) is 4.79 Å². The third-order valence-corrected chi connectivity index (χ3v) is 3.72. The van der Waals surface area contributed by atoms with E-state index in [0.717, 1.165) is 17.7 Å². The molecule has 0 aliphatic carbocycles. The van der Waals surface area contributed by atoms with Crippen molar-refractivity contribution >= 4 is 23.2 Å². The summed E-state index contributed by atoms with van der Waals surface area (Å²) in [5.74, 6) is -0.0936. The number of rotatable bonds is 5. The molecule has 21 heavy (non-hydrogen) atoms. The highest BCUT2D eigenvalue weighted by molar-refractivity contribution is 6.29. The molecule has 0 spiro atoms. The van der Waals surface area contributed by atoms with Gasteiger partial charge in [-0.2, -0.15) is 0 Å². The molecule has 2 aromatic rings. The first-order chi connectivity index (χ1) is 10.1. The quantitative estimate of drug-likeness (QED) is 0.753. The monoisotopic (exact) mass is 301 g/mol. The third kappa shape index (κ3) is 4.08. The van der Waals surface area contributed by atoms with E-state index in [4.69, 9.17) is 11.6 Å². The molecule has 2 aromatic carbocycles. The lowest BCUT2D eigenvalue weighted by atomic mass is 10.1. The zero-order chi connectivity index (χ0) is 15.2. The van der Waals surface area contributed by atoms with Crippen molar-refractivity contribution in [3.63, 3.8) is 0 Å². The highest BCUT2D eigenvalue weighted by Gasteiger charge is 2.15. The summed E-state index contributed by atoms with van der Waals surface area (Å²) in [7, 11) is 0. The van der Waals surface area contributed by atoms with Crippen molar-refractivity contribution in [2.75, 3.05) is 10.8 Å². The minimum absolute atomic E-state index is 0.0126. The molecule has 0 unspecified atom stereocenters. The van der Waals surface area contributed by atoms with Crippen molar-refractivity contribution < 1.29 is 4.79 Å². The van der Waals surface area contributed by atoms with Crippen LogP contribution < -0.4 is 4.90 Å². The molecule has 0 heterocycles. The Bertz CT molecular complexity index is 607. The van der Waals surface area contributed by atoms with Crippen LogP contribution >= 0.6 is 11.6 Å². The van der Waals surface area contributed by atoms with E-state index in [1.807, 2.05) is 37.3 Å². The molecule has 0 bridgehead atoms. The van der Waals surface area contributed by atoms with Gasteiger partial charge in [0.1, 0.15) is 5.88 Å².